The molecule has 0 radical (unpaired) electrons. The first-order valence-corrected chi connectivity index (χ1v) is 22.3. The average Bonchev–Trinajstić information content (AvgIpc) is 3.82. The summed E-state index contributed by atoms with van der Waals surface area (Å²) in [6.45, 7) is 7.07. The predicted molar refractivity (Wildman–Crippen MR) is 220 cm³/mol. The van der Waals surface area contributed by atoms with Crippen molar-refractivity contribution >= 4 is 55.0 Å². The minimum absolute atomic E-state index is 0.0349. The Morgan fingerprint density at radius 3 is 2.25 bits per heavy atom. The molecule has 2 aromatic rings. The topological polar surface area (TPSA) is 263 Å². The van der Waals surface area contributed by atoms with Crippen LogP contribution in [0.1, 0.15) is 50.3 Å². The number of nitrogens with zero attached hydrogens (tertiary/aromatic N) is 3. The summed E-state index contributed by atoms with van der Waals surface area (Å²) in [6, 6.07) is -2.33. The zero-order valence-corrected chi connectivity index (χ0v) is 36.6. The number of anilines is 1. The van der Waals surface area contributed by atoms with E-state index >= 15 is 0 Å². The molecule has 64 heavy (non-hydrogen) atoms. The largest absolute Gasteiger partial charge is 0.469 e. The number of esters is 1. The molecule has 0 aliphatic carbocycles. The molecule has 4 aliphatic heterocycles. The molecule has 4 saturated heterocycles. The van der Waals surface area contributed by atoms with Crippen molar-refractivity contribution in [3.05, 3.63) is 64.7 Å². The fraction of sp³-hybridized carbons (Fsp3) is 0.537. The van der Waals surface area contributed by atoms with Gasteiger partial charge in [0, 0.05) is 44.2 Å². The van der Waals surface area contributed by atoms with Crippen molar-refractivity contribution in [1.29, 1.82) is 0 Å². The molecule has 9 atom stereocenters. The van der Waals surface area contributed by atoms with Gasteiger partial charge < -0.3 is 55.2 Å². The highest BCUT2D eigenvalue weighted by atomic mass is 31.2. The molecule has 0 saturated carbocycles. The number of hydrogen-bond acceptors (Lipinski definition) is 11. The zero-order chi connectivity index (χ0) is 46.8. The van der Waals surface area contributed by atoms with E-state index in [0.29, 0.717) is 11.8 Å². The Bertz CT molecular complexity index is 2210. The summed E-state index contributed by atoms with van der Waals surface area (Å²) in [5, 5.41) is 10.2. The van der Waals surface area contributed by atoms with Crippen molar-refractivity contribution in [3.8, 4) is 0 Å². The number of carbonyl (C=O) groups excluding carboxylic acids is 7. The van der Waals surface area contributed by atoms with E-state index < -0.39 is 129 Å². The summed E-state index contributed by atoms with van der Waals surface area (Å²) in [5.74, 6) is -7.69. The number of nitrogens with one attached hydrogen (secondary N) is 4. The summed E-state index contributed by atoms with van der Waals surface area (Å²) in [7, 11) is -5.23. The van der Waals surface area contributed by atoms with Gasteiger partial charge in [0.1, 0.15) is 54.0 Å². The fourth-order valence-electron chi connectivity index (χ4n) is 8.42. The lowest BCUT2D eigenvalue weighted by molar-refractivity contribution is -0.164. The Kier molecular flexibility index (Phi) is 14.7. The lowest BCUT2D eigenvalue weighted by Gasteiger charge is -2.39. The summed E-state index contributed by atoms with van der Waals surface area (Å²) < 4.78 is 57.2. The number of amides is 7. The Labute approximate surface area is 366 Å². The number of hydrogen-bond donors (Lipinski definition) is 6. The Hall–Kier alpha value is -5.54. The lowest BCUT2D eigenvalue weighted by atomic mass is 10.0. The van der Waals surface area contributed by atoms with Gasteiger partial charge in [0.2, 0.25) is 29.5 Å². The smallest absolute Gasteiger partial charge is 0.458 e. The number of ether oxygens (including phenoxy) is 2. The minimum Gasteiger partial charge on any atom is -0.458 e. The van der Waals surface area contributed by atoms with Crippen molar-refractivity contribution < 1.29 is 70.7 Å². The van der Waals surface area contributed by atoms with Gasteiger partial charge in [-0.2, -0.15) is 0 Å². The van der Waals surface area contributed by atoms with Crippen LogP contribution < -0.4 is 21.3 Å². The molecule has 0 aromatic heterocycles. The molecule has 4 aliphatic rings. The maximum Gasteiger partial charge on any atom is 0.469 e. The summed E-state index contributed by atoms with van der Waals surface area (Å²) in [4.78, 5) is 122. The van der Waals surface area contributed by atoms with Crippen molar-refractivity contribution in [2.75, 3.05) is 38.2 Å². The molecular formula is C41H52F2N7O13P. The second-order valence-electron chi connectivity index (χ2n) is 16.7. The van der Waals surface area contributed by atoms with Gasteiger partial charge in [-0.1, -0.05) is 13.0 Å². The number of phosphoric acid groups is 1. The molecule has 0 spiro atoms. The van der Waals surface area contributed by atoms with Crippen LogP contribution in [0.15, 0.2) is 36.4 Å². The van der Waals surface area contributed by atoms with E-state index in [-0.39, 0.29) is 44.2 Å². The van der Waals surface area contributed by atoms with Gasteiger partial charge in [0.25, 0.3) is 0 Å². The molecule has 6 rings (SSSR count). The Morgan fingerprint density at radius 2 is 1.58 bits per heavy atom. The van der Waals surface area contributed by atoms with Crippen LogP contribution in [0.25, 0.3) is 0 Å². The highest BCUT2D eigenvalue weighted by Gasteiger charge is 2.50. The summed E-state index contributed by atoms with van der Waals surface area (Å²) in [5.41, 5.74) is 2.02. The average molecular weight is 920 g/mol. The van der Waals surface area contributed by atoms with Gasteiger partial charge in [0.05, 0.1) is 19.3 Å². The number of fused-ring (bicyclic) bond motifs is 3. The Balaban J connectivity index is 1.39. The van der Waals surface area contributed by atoms with Crippen LogP contribution in [0.3, 0.4) is 0 Å². The molecule has 0 bridgehead atoms. The first kappa shape index (κ1) is 47.9. The number of urea groups is 1. The number of carbonyl (C=O) groups is 7. The molecule has 23 heteroatoms. The first-order valence-electron chi connectivity index (χ1n) is 20.7. The van der Waals surface area contributed by atoms with E-state index in [1.807, 2.05) is 13.8 Å². The third kappa shape index (κ3) is 11.4. The van der Waals surface area contributed by atoms with E-state index in [2.05, 4.69) is 21.3 Å². The maximum absolute atomic E-state index is 15.0. The second kappa shape index (κ2) is 19.7. The predicted octanol–water partition coefficient (Wildman–Crippen LogP) is 0.792. The fourth-order valence-corrected chi connectivity index (χ4v) is 8.96. The number of phosphoric ester groups is 1. The van der Waals surface area contributed by atoms with Gasteiger partial charge >= 0.3 is 19.8 Å². The number of cyclic esters (lactones) is 1. The van der Waals surface area contributed by atoms with Gasteiger partial charge in [-0.3, -0.25) is 28.5 Å². The third-order valence-electron chi connectivity index (χ3n) is 11.7. The lowest BCUT2D eigenvalue weighted by Crippen LogP contribution is -2.64. The van der Waals surface area contributed by atoms with Crippen LogP contribution in [0.2, 0.25) is 0 Å². The molecule has 348 valence electrons. The molecule has 1 unspecified atom stereocenters. The summed E-state index contributed by atoms with van der Waals surface area (Å²) in [6.07, 6.45) is -3.96. The zero-order valence-electron chi connectivity index (χ0n) is 35.7. The molecule has 7 amide bonds. The quantitative estimate of drug-likeness (QED) is 0.158. The highest BCUT2D eigenvalue weighted by Crippen LogP contribution is 2.41. The van der Waals surface area contributed by atoms with Crippen molar-refractivity contribution in [1.82, 2.24) is 30.7 Å². The molecule has 4 heterocycles. The van der Waals surface area contributed by atoms with E-state index in [1.165, 1.54) is 18.7 Å². The number of benzene rings is 2. The van der Waals surface area contributed by atoms with Gasteiger partial charge in [-0.05, 0) is 81.0 Å². The van der Waals surface area contributed by atoms with Crippen LogP contribution in [0, 0.1) is 31.4 Å². The van der Waals surface area contributed by atoms with E-state index in [0.717, 1.165) is 33.1 Å². The molecule has 2 aromatic carbocycles. The monoisotopic (exact) mass is 919 g/mol. The van der Waals surface area contributed by atoms with Crippen LogP contribution in [0.4, 0.5) is 19.3 Å². The third-order valence-corrected chi connectivity index (χ3v) is 12.3. The summed E-state index contributed by atoms with van der Waals surface area (Å²) >= 11 is 0. The number of halogens is 2. The standard InChI is InChI=1S/C41H52F2N7O13P/c1-20-10-32-40(56)62-24(5)34(47-35(51)30(14-25-12-26(42)15-27(43)13-25)46-41(57)45-28-7-6-21(2)22(3)11-28)39(55)50-18-29(63-64(58,59)60)16-31(50)38(54)48-8-9-61-19-33(48)36(52)44-23(4)37(53)49(32)17-20/h6-7,11-13,15,20,23-24,29-34H,8-10,14,16-19H2,1-5H3,(H,44,52)(H,47,51)(H2,45,46,57)(H2,58,59,60)/t20-,23+,24+,29?,30+,31+,32+,33+,34+/m1/s1. The van der Waals surface area contributed by atoms with E-state index in [1.54, 1.807) is 25.1 Å². The SMILES string of the molecule is Cc1ccc(NC(=O)N[C@@H](Cc2cc(F)cc(F)c2)C(=O)N[C@@H]2C(=O)N3CC(OP(=O)(O)O)C[C@H]3C(=O)N3CCOC[C@H]3C(=O)N[C@@H](C)C(=O)N3C[C@H](C)C[C@H]3C(=O)O[C@H]2C)cc1C. The molecular weight excluding hydrogens is 867 g/mol. The molecule has 20 nitrogen and oxygen atoms in total. The van der Waals surface area contributed by atoms with Crippen LogP contribution in [0.5, 0.6) is 0 Å². The number of morpholine rings is 1. The van der Waals surface area contributed by atoms with Crippen LogP contribution in [-0.4, -0.2) is 147 Å². The maximum atomic E-state index is 15.0. The van der Waals surface area contributed by atoms with Gasteiger partial charge in [-0.15, -0.1) is 0 Å². The number of rotatable bonds is 8. The minimum atomic E-state index is -5.23. The van der Waals surface area contributed by atoms with Crippen molar-refractivity contribution in [2.45, 2.75) is 102 Å². The van der Waals surface area contributed by atoms with Gasteiger partial charge in [0.15, 0.2) is 0 Å². The highest BCUT2D eigenvalue weighted by molar-refractivity contribution is 7.46. The first-order chi connectivity index (χ1) is 30.1. The van der Waals surface area contributed by atoms with Crippen LogP contribution in [-0.2, 0) is 53.8 Å². The Morgan fingerprint density at radius 1 is 0.891 bits per heavy atom. The van der Waals surface area contributed by atoms with E-state index in [4.69, 9.17) is 14.0 Å². The van der Waals surface area contributed by atoms with Crippen LogP contribution >= 0.6 is 7.82 Å². The normalized spacial score (nSPS) is 27.5. The molecule has 4 fully saturated rings. The van der Waals surface area contributed by atoms with Gasteiger partial charge in [-0.25, -0.2) is 22.9 Å². The van der Waals surface area contributed by atoms with Crippen molar-refractivity contribution in [2.24, 2.45) is 5.92 Å². The molecule has 6 N–H and O–H groups in total. The second-order valence-corrected chi connectivity index (χ2v) is 17.9. The number of aryl methyl sites for hydroxylation is 2. The van der Waals surface area contributed by atoms with Crippen molar-refractivity contribution in [3.63, 3.8) is 0 Å². The van der Waals surface area contributed by atoms with E-state index in [9.17, 15) is 56.7 Å².